The molecule has 100 valence electrons. The second-order valence-corrected chi connectivity index (χ2v) is 4.33. The first kappa shape index (κ1) is 15.1. The lowest BCUT2D eigenvalue weighted by atomic mass is 9.89. The number of rotatable bonds is 6. The summed E-state index contributed by atoms with van der Waals surface area (Å²) in [6, 6.07) is 1.95. The molecule has 0 amide bonds. The van der Waals surface area contributed by atoms with Gasteiger partial charge in [0.25, 0.3) is 0 Å². The molecule has 0 fully saturated rings. The summed E-state index contributed by atoms with van der Waals surface area (Å²) in [5.74, 6) is 0.610. The third kappa shape index (κ3) is 3.06. The molecule has 0 aliphatic carbocycles. The van der Waals surface area contributed by atoms with E-state index in [1.54, 1.807) is 0 Å². The average Bonchev–Trinajstić information content (AvgIpc) is 2.36. The lowest BCUT2D eigenvalue weighted by Crippen LogP contribution is -2.22. The molecule has 0 aromatic heterocycles. The molecule has 0 radical (unpaired) electrons. The van der Waals surface area contributed by atoms with Crippen LogP contribution >= 0.6 is 0 Å². The monoisotopic (exact) mass is 250 g/mol. The van der Waals surface area contributed by atoms with Gasteiger partial charge in [-0.2, -0.15) is 0 Å². The molecule has 0 heterocycles. The second-order valence-electron chi connectivity index (χ2n) is 4.33. The van der Waals surface area contributed by atoms with Gasteiger partial charge in [0.15, 0.2) is 0 Å². The van der Waals surface area contributed by atoms with Gasteiger partial charge in [0.1, 0.15) is 5.75 Å². The van der Waals surface area contributed by atoms with Gasteiger partial charge in [-0.1, -0.05) is 27.7 Å². The van der Waals surface area contributed by atoms with Gasteiger partial charge in [-0.25, -0.2) is 0 Å². The summed E-state index contributed by atoms with van der Waals surface area (Å²) in [4.78, 5) is 0. The molecule has 2 N–H and O–H groups in total. The summed E-state index contributed by atoms with van der Waals surface area (Å²) >= 11 is 0. The Morgan fingerprint density at radius 3 is 1.83 bits per heavy atom. The van der Waals surface area contributed by atoms with E-state index < -0.39 is 7.32 Å². The topological polar surface area (TPSA) is 49.7 Å². The molecule has 0 saturated carbocycles. The van der Waals surface area contributed by atoms with Crippen molar-refractivity contribution < 1.29 is 14.7 Å². The minimum absolute atomic E-state index is 0.610. The maximum atomic E-state index is 9.01. The molecule has 4 heteroatoms. The SMILES string of the molecule is CCc1cc(OB(O)O)c(CC)c(CC)c1CC. The van der Waals surface area contributed by atoms with E-state index in [1.807, 2.05) is 6.07 Å². The van der Waals surface area contributed by atoms with Crippen LogP contribution in [0.15, 0.2) is 6.07 Å². The Morgan fingerprint density at radius 2 is 1.44 bits per heavy atom. The lowest BCUT2D eigenvalue weighted by molar-refractivity contribution is 0.286. The Bertz CT molecular complexity index is 403. The van der Waals surface area contributed by atoms with Gasteiger partial charge in [-0.05, 0) is 54.0 Å². The summed E-state index contributed by atoms with van der Waals surface area (Å²) < 4.78 is 5.13. The quantitative estimate of drug-likeness (QED) is 0.761. The van der Waals surface area contributed by atoms with E-state index in [-0.39, 0.29) is 0 Å². The van der Waals surface area contributed by atoms with Crippen molar-refractivity contribution in [2.45, 2.75) is 53.4 Å². The highest BCUT2D eigenvalue weighted by molar-refractivity contribution is 6.33. The van der Waals surface area contributed by atoms with E-state index in [4.69, 9.17) is 14.7 Å². The van der Waals surface area contributed by atoms with Crippen molar-refractivity contribution in [2.75, 3.05) is 0 Å². The van der Waals surface area contributed by atoms with E-state index in [2.05, 4.69) is 27.7 Å². The molecule has 0 bridgehead atoms. The van der Waals surface area contributed by atoms with E-state index in [0.717, 1.165) is 31.2 Å². The molecule has 1 rings (SSSR count). The molecule has 3 nitrogen and oxygen atoms in total. The fourth-order valence-corrected chi connectivity index (χ4v) is 2.65. The Morgan fingerprint density at radius 1 is 0.889 bits per heavy atom. The minimum Gasteiger partial charge on any atom is -0.512 e. The highest BCUT2D eigenvalue weighted by atomic mass is 16.6. The van der Waals surface area contributed by atoms with Gasteiger partial charge in [-0.3, -0.25) is 0 Å². The Labute approximate surface area is 110 Å². The number of hydrogen-bond donors (Lipinski definition) is 2. The normalized spacial score (nSPS) is 10.6. The fraction of sp³-hybridized carbons (Fsp3) is 0.571. The lowest BCUT2D eigenvalue weighted by Gasteiger charge is -2.20. The van der Waals surface area contributed by atoms with Crippen LogP contribution in [0.2, 0.25) is 0 Å². The van der Waals surface area contributed by atoms with Crippen molar-refractivity contribution in [3.63, 3.8) is 0 Å². The van der Waals surface area contributed by atoms with E-state index in [1.165, 1.54) is 16.7 Å². The van der Waals surface area contributed by atoms with Gasteiger partial charge < -0.3 is 14.7 Å². The molecule has 0 unspecified atom stereocenters. The number of aryl methyl sites for hydroxylation is 1. The average molecular weight is 250 g/mol. The highest BCUT2D eigenvalue weighted by Crippen LogP contribution is 2.31. The molecular formula is C14H23BO3. The highest BCUT2D eigenvalue weighted by Gasteiger charge is 2.19. The Kier molecular flexibility index (Phi) is 5.70. The molecular weight excluding hydrogens is 227 g/mol. The summed E-state index contributed by atoms with van der Waals surface area (Å²) in [5.41, 5.74) is 5.02. The fourth-order valence-electron chi connectivity index (χ4n) is 2.65. The number of hydrogen-bond acceptors (Lipinski definition) is 3. The molecule has 1 aromatic rings. The third-order valence-corrected chi connectivity index (χ3v) is 3.39. The van der Waals surface area contributed by atoms with Crippen LogP contribution in [-0.4, -0.2) is 17.4 Å². The maximum Gasteiger partial charge on any atom is 0.707 e. The molecule has 0 aliphatic rings. The zero-order valence-electron chi connectivity index (χ0n) is 11.8. The zero-order valence-corrected chi connectivity index (χ0v) is 11.8. The maximum absolute atomic E-state index is 9.01. The first-order chi connectivity index (χ1) is 8.58. The second kappa shape index (κ2) is 6.81. The first-order valence-corrected chi connectivity index (χ1v) is 6.78. The predicted molar refractivity (Wildman–Crippen MR) is 74.8 cm³/mol. The third-order valence-electron chi connectivity index (χ3n) is 3.39. The van der Waals surface area contributed by atoms with Crippen molar-refractivity contribution >= 4 is 7.32 Å². The van der Waals surface area contributed by atoms with Crippen LogP contribution in [0.3, 0.4) is 0 Å². The van der Waals surface area contributed by atoms with Crippen LogP contribution in [0.25, 0.3) is 0 Å². The van der Waals surface area contributed by atoms with Crippen LogP contribution in [0.1, 0.15) is 49.9 Å². The Balaban J connectivity index is 3.42. The molecule has 0 atom stereocenters. The predicted octanol–water partition coefficient (Wildman–Crippen LogP) is 2.28. The van der Waals surface area contributed by atoms with Crippen molar-refractivity contribution in [1.29, 1.82) is 0 Å². The summed E-state index contributed by atoms with van der Waals surface area (Å²) in [6.45, 7) is 8.47. The summed E-state index contributed by atoms with van der Waals surface area (Å²) in [7, 11) is -1.75. The minimum atomic E-state index is -1.75. The first-order valence-electron chi connectivity index (χ1n) is 6.78. The van der Waals surface area contributed by atoms with Gasteiger partial charge in [-0.15, -0.1) is 0 Å². The van der Waals surface area contributed by atoms with Gasteiger partial charge in [0.05, 0.1) is 0 Å². The van der Waals surface area contributed by atoms with Crippen LogP contribution < -0.4 is 4.65 Å². The largest absolute Gasteiger partial charge is 0.707 e. The van der Waals surface area contributed by atoms with E-state index >= 15 is 0 Å². The van der Waals surface area contributed by atoms with Crippen LogP contribution in [-0.2, 0) is 25.7 Å². The van der Waals surface area contributed by atoms with Crippen molar-refractivity contribution in [3.05, 3.63) is 28.3 Å². The smallest absolute Gasteiger partial charge is 0.512 e. The van der Waals surface area contributed by atoms with Gasteiger partial charge in [0.2, 0.25) is 0 Å². The zero-order chi connectivity index (χ0) is 13.7. The van der Waals surface area contributed by atoms with Crippen molar-refractivity contribution in [2.24, 2.45) is 0 Å². The van der Waals surface area contributed by atoms with Crippen LogP contribution in [0.5, 0.6) is 5.75 Å². The van der Waals surface area contributed by atoms with Crippen molar-refractivity contribution in [1.82, 2.24) is 0 Å². The van der Waals surface area contributed by atoms with Crippen LogP contribution in [0.4, 0.5) is 0 Å². The standard InChI is InChI=1S/C14H23BO3/c1-5-10-9-14(18-15(16)17)13(8-4)12(7-3)11(10)6-2/h9,16-17H,5-8H2,1-4H3. The van der Waals surface area contributed by atoms with E-state index in [9.17, 15) is 0 Å². The van der Waals surface area contributed by atoms with Crippen LogP contribution in [0, 0.1) is 0 Å². The van der Waals surface area contributed by atoms with E-state index in [0.29, 0.717) is 5.75 Å². The van der Waals surface area contributed by atoms with Gasteiger partial charge >= 0.3 is 7.32 Å². The molecule has 0 aliphatic heterocycles. The molecule has 18 heavy (non-hydrogen) atoms. The molecule has 1 aromatic carbocycles. The molecule has 0 saturated heterocycles. The summed E-state index contributed by atoms with van der Waals surface area (Å²) in [5, 5.41) is 18.0. The Hall–Kier alpha value is -0.995. The van der Waals surface area contributed by atoms with Gasteiger partial charge in [0, 0.05) is 0 Å². The summed E-state index contributed by atoms with van der Waals surface area (Å²) in [6.07, 6.45) is 3.71. The number of benzene rings is 1. The van der Waals surface area contributed by atoms with Crippen molar-refractivity contribution in [3.8, 4) is 5.75 Å². The molecule has 0 spiro atoms.